The summed E-state index contributed by atoms with van der Waals surface area (Å²) in [6.45, 7) is 1.01. The molecule has 0 aliphatic heterocycles. The zero-order valence-corrected chi connectivity index (χ0v) is 8.48. The van der Waals surface area contributed by atoms with Gasteiger partial charge in [0, 0.05) is 12.7 Å². The molecule has 0 N–H and O–H groups in total. The van der Waals surface area contributed by atoms with Crippen molar-refractivity contribution in [3.8, 4) is 0 Å². The lowest BCUT2D eigenvalue weighted by molar-refractivity contribution is 0.111. The van der Waals surface area contributed by atoms with Gasteiger partial charge in [0.1, 0.15) is 0 Å². The lowest BCUT2D eigenvalue weighted by atomic mass is 10.0. The van der Waals surface area contributed by atoms with Crippen molar-refractivity contribution < 1.29 is 4.79 Å². The van der Waals surface area contributed by atoms with Crippen molar-refractivity contribution in [2.75, 3.05) is 0 Å². The summed E-state index contributed by atoms with van der Waals surface area (Å²) in [6.07, 6.45) is 9.74. The molecule has 2 heteroatoms. The van der Waals surface area contributed by atoms with Crippen molar-refractivity contribution in [1.29, 1.82) is 0 Å². The van der Waals surface area contributed by atoms with Gasteiger partial charge in [0.15, 0.2) is 6.29 Å². The van der Waals surface area contributed by atoms with Crippen LogP contribution in [-0.2, 0) is 6.54 Å². The summed E-state index contributed by atoms with van der Waals surface area (Å²) in [5.74, 6) is 0.900. The largest absolute Gasteiger partial charge is 0.345 e. The molecule has 1 saturated carbocycles. The van der Waals surface area contributed by atoms with Crippen LogP contribution in [0, 0.1) is 5.92 Å². The van der Waals surface area contributed by atoms with Gasteiger partial charge >= 0.3 is 0 Å². The smallest absolute Gasteiger partial charge is 0.166 e. The molecule has 1 aliphatic rings. The summed E-state index contributed by atoms with van der Waals surface area (Å²) in [4.78, 5) is 10.7. The molecule has 2 nitrogen and oxygen atoms in total. The van der Waals surface area contributed by atoms with Crippen molar-refractivity contribution in [2.24, 2.45) is 5.92 Å². The normalized spacial score (nSPS) is 17.4. The van der Waals surface area contributed by atoms with Gasteiger partial charge in [0.05, 0.1) is 5.69 Å². The van der Waals surface area contributed by atoms with Crippen molar-refractivity contribution in [1.82, 2.24) is 4.57 Å². The van der Waals surface area contributed by atoms with Crippen molar-refractivity contribution in [3.05, 3.63) is 24.0 Å². The molecule has 0 unspecified atom stereocenters. The van der Waals surface area contributed by atoms with E-state index in [1.807, 2.05) is 18.3 Å². The van der Waals surface area contributed by atoms with E-state index in [0.29, 0.717) is 0 Å². The van der Waals surface area contributed by atoms with Crippen LogP contribution in [0.5, 0.6) is 0 Å². The van der Waals surface area contributed by atoms with E-state index in [2.05, 4.69) is 4.57 Å². The molecule has 0 bridgehead atoms. The van der Waals surface area contributed by atoms with Gasteiger partial charge in [-0.05, 0) is 24.5 Å². The van der Waals surface area contributed by atoms with E-state index in [4.69, 9.17) is 0 Å². The third-order valence-corrected chi connectivity index (χ3v) is 3.24. The van der Waals surface area contributed by atoms with Gasteiger partial charge in [-0.2, -0.15) is 0 Å². The van der Waals surface area contributed by atoms with Gasteiger partial charge in [0.2, 0.25) is 0 Å². The van der Waals surface area contributed by atoms with Crippen LogP contribution < -0.4 is 0 Å². The van der Waals surface area contributed by atoms with Gasteiger partial charge in [-0.25, -0.2) is 0 Å². The second kappa shape index (κ2) is 4.45. The van der Waals surface area contributed by atoms with E-state index in [0.717, 1.165) is 24.4 Å². The van der Waals surface area contributed by atoms with E-state index in [1.165, 1.54) is 32.1 Å². The Morgan fingerprint density at radius 2 is 2.21 bits per heavy atom. The maximum atomic E-state index is 10.7. The molecule has 2 rings (SSSR count). The van der Waals surface area contributed by atoms with Crippen molar-refractivity contribution >= 4 is 6.29 Å². The summed E-state index contributed by atoms with van der Waals surface area (Å²) in [5.41, 5.74) is 0.808. The maximum absolute atomic E-state index is 10.7. The van der Waals surface area contributed by atoms with Gasteiger partial charge in [-0.15, -0.1) is 0 Å². The monoisotopic (exact) mass is 191 g/mol. The van der Waals surface area contributed by atoms with E-state index < -0.39 is 0 Å². The number of aldehydes is 1. The van der Waals surface area contributed by atoms with Crippen LogP contribution in [-0.4, -0.2) is 10.9 Å². The number of carbonyl (C=O) groups is 1. The van der Waals surface area contributed by atoms with Gasteiger partial charge < -0.3 is 4.57 Å². The fourth-order valence-electron chi connectivity index (χ4n) is 2.36. The molecule has 0 atom stereocenters. The average Bonchev–Trinajstić information content (AvgIpc) is 2.85. The van der Waals surface area contributed by atoms with E-state index >= 15 is 0 Å². The summed E-state index contributed by atoms with van der Waals surface area (Å²) in [7, 11) is 0. The molecule has 1 heterocycles. The minimum atomic E-state index is 0.808. The van der Waals surface area contributed by atoms with Crippen molar-refractivity contribution in [2.45, 2.75) is 38.6 Å². The fourth-order valence-corrected chi connectivity index (χ4v) is 2.36. The minimum absolute atomic E-state index is 0.808. The highest BCUT2D eigenvalue weighted by Gasteiger charge is 2.14. The van der Waals surface area contributed by atoms with Gasteiger partial charge in [-0.3, -0.25) is 4.79 Å². The highest BCUT2D eigenvalue weighted by molar-refractivity contribution is 5.72. The zero-order valence-electron chi connectivity index (χ0n) is 8.48. The molecule has 1 aliphatic carbocycles. The van der Waals surface area contributed by atoms with Crippen LogP contribution in [0.1, 0.15) is 42.6 Å². The summed E-state index contributed by atoms with van der Waals surface area (Å²) in [5, 5.41) is 0. The predicted molar refractivity (Wildman–Crippen MR) is 56.4 cm³/mol. The van der Waals surface area contributed by atoms with Crippen LogP contribution in [0.2, 0.25) is 0 Å². The Balaban J connectivity index is 1.87. The Bertz CT molecular complexity index is 297. The molecule has 1 aromatic rings. The molecule has 14 heavy (non-hydrogen) atoms. The summed E-state index contributed by atoms with van der Waals surface area (Å²) < 4.78 is 2.06. The lowest BCUT2D eigenvalue weighted by Gasteiger charge is -2.10. The van der Waals surface area contributed by atoms with Crippen molar-refractivity contribution in [3.63, 3.8) is 0 Å². The first-order chi connectivity index (χ1) is 6.90. The number of rotatable bonds is 4. The van der Waals surface area contributed by atoms with Crippen LogP contribution in [0.25, 0.3) is 0 Å². The Labute approximate surface area is 84.9 Å². The summed E-state index contributed by atoms with van der Waals surface area (Å²) >= 11 is 0. The first-order valence-electron chi connectivity index (χ1n) is 5.50. The topological polar surface area (TPSA) is 22.0 Å². The Hall–Kier alpha value is -1.05. The quantitative estimate of drug-likeness (QED) is 0.671. The maximum Gasteiger partial charge on any atom is 0.166 e. The fraction of sp³-hybridized carbons (Fsp3) is 0.583. The molecule has 76 valence electrons. The first-order valence-corrected chi connectivity index (χ1v) is 5.50. The SMILES string of the molecule is O=Cc1cccn1CCC1CCCC1. The number of nitrogens with zero attached hydrogens (tertiary/aromatic N) is 1. The number of carbonyl (C=O) groups excluding carboxylic acids is 1. The standard InChI is InChI=1S/C12H17NO/c14-10-12-6-3-8-13(12)9-7-11-4-1-2-5-11/h3,6,8,10-11H,1-2,4-5,7,9H2. The lowest BCUT2D eigenvalue weighted by Crippen LogP contribution is -2.05. The molecular formula is C12H17NO. The molecule has 0 amide bonds. The Morgan fingerprint density at radius 1 is 1.43 bits per heavy atom. The number of aromatic nitrogens is 1. The highest BCUT2D eigenvalue weighted by Crippen LogP contribution is 2.27. The molecule has 0 radical (unpaired) electrons. The second-order valence-electron chi connectivity index (χ2n) is 4.18. The van der Waals surface area contributed by atoms with Crippen LogP contribution in [0.4, 0.5) is 0 Å². The molecule has 1 aromatic heterocycles. The van der Waals surface area contributed by atoms with Crippen LogP contribution in [0.15, 0.2) is 18.3 Å². The Kier molecular flexibility index (Phi) is 3.02. The molecular weight excluding hydrogens is 174 g/mol. The molecule has 0 aromatic carbocycles. The third-order valence-electron chi connectivity index (χ3n) is 3.24. The molecule has 0 spiro atoms. The third kappa shape index (κ3) is 2.06. The average molecular weight is 191 g/mol. The minimum Gasteiger partial charge on any atom is -0.345 e. The number of hydrogen-bond donors (Lipinski definition) is 0. The molecule has 0 saturated heterocycles. The predicted octanol–water partition coefficient (Wildman–Crippen LogP) is 2.88. The number of aryl methyl sites for hydroxylation is 1. The summed E-state index contributed by atoms with van der Waals surface area (Å²) in [6, 6.07) is 3.82. The van der Waals surface area contributed by atoms with Gasteiger partial charge in [0.25, 0.3) is 0 Å². The van der Waals surface area contributed by atoms with Crippen LogP contribution in [0.3, 0.4) is 0 Å². The Morgan fingerprint density at radius 3 is 2.93 bits per heavy atom. The second-order valence-corrected chi connectivity index (χ2v) is 4.18. The first kappa shape index (κ1) is 9.50. The van der Waals surface area contributed by atoms with E-state index in [1.54, 1.807) is 0 Å². The molecule has 1 fully saturated rings. The zero-order chi connectivity index (χ0) is 9.80. The highest BCUT2D eigenvalue weighted by atomic mass is 16.1. The van der Waals surface area contributed by atoms with E-state index in [9.17, 15) is 4.79 Å². The number of hydrogen-bond acceptors (Lipinski definition) is 1. The van der Waals surface area contributed by atoms with E-state index in [-0.39, 0.29) is 0 Å². The van der Waals surface area contributed by atoms with Crippen LogP contribution >= 0.6 is 0 Å². The van der Waals surface area contributed by atoms with Gasteiger partial charge in [-0.1, -0.05) is 25.7 Å².